The van der Waals surface area contributed by atoms with Crippen molar-refractivity contribution in [2.75, 3.05) is 5.32 Å². The minimum Gasteiger partial charge on any atom is -0.455 e. The lowest BCUT2D eigenvalue weighted by molar-refractivity contribution is -0.127. The second-order valence-corrected chi connectivity index (χ2v) is 10.2. The monoisotopic (exact) mass is 556 g/mol. The number of amides is 1. The summed E-state index contributed by atoms with van der Waals surface area (Å²) in [6, 6.07) is 10.6. The molecule has 3 atom stereocenters. The van der Waals surface area contributed by atoms with Crippen LogP contribution in [0.3, 0.4) is 0 Å². The summed E-state index contributed by atoms with van der Waals surface area (Å²) in [6.45, 7) is 3.66. The van der Waals surface area contributed by atoms with Crippen LogP contribution in [0.15, 0.2) is 67.9 Å². The number of halogens is 2. The van der Waals surface area contributed by atoms with E-state index in [9.17, 15) is 4.79 Å². The largest absolute Gasteiger partial charge is 0.455 e. The zero-order valence-electron chi connectivity index (χ0n) is 21.0. The molecule has 0 saturated carbocycles. The fourth-order valence-corrected chi connectivity index (χ4v) is 6.03. The zero-order chi connectivity index (χ0) is 27.4. The SMILES string of the molecule is C=CC(=O)N1[C@@H]2CC[C@H]1[C@H](c1ccc3ncnc(Nc4ccc(Oc5ccn6ncnc6c5)c(Cl)c4F)c3n1)C2. The van der Waals surface area contributed by atoms with Gasteiger partial charge in [-0.15, -0.1) is 0 Å². The molecule has 12 heteroatoms. The van der Waals surface area contributed by atoms with Crippen molar-refractivity contribution in [2.45, 2.75) is 37.3 Å². The van der Waals surface area contributed by atoms with Crippen molar-refractivity contribution in [3.05, 3.63) is 84.4 Å². The fourth-order valence-electron chi connectivity index (χ4n) is 5.83. The second-order valence-electron chi connectivity index (χ2n) is 9.81. The van der Waals surface area contributed by atoms with E-state index in [1.54, 1.807) is 28.9 Å². The van der Waals surface area contributed by atoms with Gasteiger partial charge in [0.25, 0.3) is 0 Å². The molecular formula is C28H22ClFN8O2. The summed E-state index contributed by atoms with van der Waals surface area (Å²) >= 11 is 6.37. The van der Waals surface area contributed by atoms with Crippen molar-refractivity contribution in [3.8, 4) is 11.5 Å². The smallest absolute Gasteiger partial charge is 0.246 e. The van der Waals surface area contributed by atoms with Gasteiger partial charge in [0.05, 0.1) is 11.2 Å². The van der Waals surface area contributed by atoms with Gasteiger partial charge in [0, 0.05) is 36.0 Å². The number of anilines is 2. The Hall–Kier alpha value is -4.64. The summed E-state index contributed by atoms with van der Waals surface area (Å²) in [5.41, 5.74) is 2.66. The zero-order valence-corrected chi connectivity index (χ0v) is 21.8. The van der Waals surface area contributed by atoms with Crippen LogP contribution in [0.4, 0.5) is 15.9 Å². The van der Waals surface area contributed by atoms with Crippen LogP contribution in [0.5, 0.6) is 11.5 Å². The first-order valence-electron chi connectivity index (χ1n) is 12.8. The predicted molar refractivity (Wildman–Crippen MR) is 146 cm³/mol. The average molecular weight is 557 g/mol. The molecule has 0 unspecified atom stereocenters. The number of carbonyl (C=O) groups excluding carboxylic acids is 1. The molecule has 1 N–H and O–H groups in total. The minimum atomic E-state index is -0.697. The molecule has 4 aromatic heterocycles. The van der Waals surface area contributed by atoms with Crippen LogP contribution in [0.1, 0.15) is 30.9 Å². The molecule has 10 nitrogen and oxygen atoms in total. The maximum Gasteiger partial charge on any atom is 0.246 e. The summed E-state index contributed by atoms with van der Waals surface area (Å²) in [6.07, 6.45) is 8.64. The Balaban J connectivity index is 1.17. The van der Waals surface area contributed by atoms with Gasteiger partial charge >= 0.3 is 0 Å². The van der Waals surface area contributed by atoms with E-state index in [-0.39, 0.29) is 40.4 Å². The van der Waals surface area contributed by atoms with E-state index in [1.165, 1.54) is 24.8 Å². The Bertz CT molecular complexity index is 1810. The summed E-state index contributed by atoms with van der Waals surface area (Å²) in [5, 5.41) is 6.88. The van der Waals surface area contributed by atoms with E-state index < -0.39 is 5.82 Å². The fraction of sp³-hybridized carbons (Fsp3) is 0.214. The standard InChI is InChI=1S/C28H22ClFN8O2/c1-2-24(39)38-15-3-7-21(38)17(11-15)18-4-5-20-27(35-18)28(33-13-31-20)36-19-6-8-22(25(29)26(19)30)40-16-9-10-37-23(12-16)32-14-34-37/h2,4-6,8-10,12-15,17,21H,1,3,7,11H2,(H,31,33,36)/t15-,17+,21+/m1/s1. The first-order chi connectivity index (χ1) is 19.5. The predicted octanol–water partition coefficient (Wildman–Crippen LogP) is 5.43. The Morgan fingerprint density at radius 1 is 1.15 bits per heavy atom. The van der Waals surface area contributed by atoms with Gasteiger partial charge in [0.1, 0.15) is 34.7 Å². The summed E-state index contributed by atoms with van der Waals surface area (Å²) in [4.78, 5) is 32.1. The van der Waals surface area contributed by atoms with Crippen LogP contribution >= 0.6 is 11.6 Å². The Morgan fingerprint density at radius 3 is 2.92 bits per heavy atom. The lowest BCUT2D eigenvalue weighted by atomic mass is 9.86. The van der Waals surface area contributed by atoms with Crippen LogP contribution in [-0.4, -0.2) is 52.4 Å². The van der Waals surface area contributed by atoms with Gasteiger partial charge in [-0.1, -0.05) is 18.2 Å². The molecule has 7 rings (SSSR count). The van der Waals surface area contributed by atoms with Crippen molar-refractivity contribution in [1.82, 2.24) is 34.4 Å². The molecule has 2 bridgehead atoms. The summed E-state index contributed by atoms with van der Waals surface area (Å²) in [5.74, 6) is 0.290. The number of carbonyl (C=O) groups is 1. The maximum absolute atomic E-state index is 15.4. The topological polar surface area (TPSA) is 110 Å². The lowest BCUT2D eigenvalue weighted by Crippen LogP contribution is -2.34. The molecule has 6 heterocycles. The van der Waals surface area contributed by atoms with Crippen molar-refractivity contribution in [1.29, 1.82) is 0 Å². The molecule has 0 aliphatic carbocycles. The van der Waals surface area contributed by atoms with Gasteiger partial charge in [-0.2, -0.15) is 5.10 Å². The Labute approximate surface area is 232 Å². The molecule has 1 aromatic carbocycles. The van der Waals surface area contributed by atoms with E-state index >= 15 is 4.39 Å². The number of hydrogen-bond donors (Lipinski definition) is 1. The van der Waals surface area contributed by atoms with Crippen molar-refractivity contribution >= 4 is 45.7 Å². The van der Waals surface area contributed by atoms with Crippen LogP contribution in [-0.2, 0) is 4.79 Å². The van der Waals surface area contributed by atoms with Gasteiger partial charge in [-0.05, 0) is 55.7 Å². The summed E-state index contributed by atoms with van der Waals surface area (Å²) < 4.78 is 22.8. The molecule has 1 amide bonds. The van der Waals surface area contributed by atoms with Gasteiger partial charge in [0.15, 0.2) is 17.3 Å². The highest BCUT2D eigenvalue weighted by atomic mass is 35.5. The van der Waals surface area contributed by atoms with Crippen molar-refractivity contribution in [3.63, 3.8) is 0 Å². The molecule has 200 valence electrons. The van der Waals surface area contributed by atoms with Gasteiger partial charge in [-0.25, -0.2) is 28.8 Å². The number of benzene rings is 1. The number of ether oxygens (including phenoxy) is 1. The van der Waals surface area contributed by atoms with Gasteiger partial charge in [0.2, 0.25) is 5.91 Å². The maximum atomic E-state index is 15.4. The normalized spacial score (nSPS) is 19.9. The molecule has 0 spiro atoms. The first-order valence-corrected chi connectivity index (χ1v) is 13.2. The molecule has 2 aliphatic rings. The lowest BCUT2D eigenvalue weighted by Gasteiger charge is -2.23. The number of hydrogen-bond acceptors (Lipinski definition) is 8. The highest BCUT2D eigenvalue weighted by Crippen LogP contribution is 2.47. The number of rotatable bonds is 6. The Morgan fingerprint density at radius 2 is 2.05 bits per heavy atom. The number of nitrogens with one attached hydrogen (secondary N) is 1. The third kappa shape index (κ3) is 4.01. The van der Waals surface area contributed by atoms with E-state index in [1.807, 2.05) is 17.0 Å². The molecule has 0 radical (unpaired) electrons. The number of nitrogens with zero attached hydrogens (tertiary/aromatic N) is 7. The van der Waals surface area contributed by atoms with E-state index in [0.717, 1.165) is 25.0 Å². The minimum absolute atomic E-state index is 0.0414. The van der Waals surface area contributed by atoms with Crippen LogP contribution < -0.4 is 10.1 Å². The highest BCUT2D eigenvalue weighted by Gasteiger charge is 2.48. The third-order valence-electron chi connectivity index (χ3n) is 7.63. The van der Waals surface area contributed by atoms with E-state index in [0.29, 0.717) is 28.2 Å². The van der Waals surface area contributed by atoms with Crippen LogP contribution in [0, 0.1) is 5.82 Å². The summed E-state index contributed by atoms with van der Waals surface area (Å²) in [7, 11) is 0. The number of pyridine rings is 2. The molecular weight excluding hydrogens is 535 g/mol. The second kappa shape index (κ2) is 9.53. The number of fused-ring (bicyclic) bond motifs is 4. The molecule has 40 heavy (non-hydrogen) atoms. The molecule has 2 saturated heterocycles. The van der Waals surface area contributed by atoms with E-state index in [4.69, 9.17) is 21.3 Å². The third-order valence-corrected chi connectivity index (χ3v) is 7.98. The number of aromatic nitrogens is 6. The molecule has 5 aromatic rings. The first kappa shape index (κ1) is 24.4. The van der Waals surface area contributed by atoms with Crippen LogP contribution in [0.2, 0.25) is 5.02 Å². The average Bonchev–Trinajstić information content (AvgIpc) is 3.71. The Kier molecular flexibility index (Phi) is 5.81. The molecule has 2 aliphatic heterocycles. The van der Waals surface area contributed by atoms with Gasteiger partial charge < -0.3 is 15.0 Å². The highest BCUT2D eigenvalue weighted by molar-refractivity contribution is 6.32. The van der Waals surface area contributed by atoms with Crippen molar-refractivity contribution < 1.29 is 13.9 Å². The van der Waals surface area contributed by atoms with Gasteiger partial charge in [-0.3, -0.25) is 4.79 Å². The van der Waals surface area contributed by atoms with Crippen LogP contribution in [0.25, 0.3) is 16.7 Å². The molecule has 2 fully saturated rings. The quantitative estimate of drug-likeness (QED) is 0.276. The van der Waals surface area contributed by atoms with Crippen molar-refractivity contribution in [2.24, 2.45) is 0 Å². The van der Waals surface area contributed by atoms with E-state index in [2.05, 4.69) is 31.9 Å².